The van der Waals surface area contributed by atoms with Crippen molar-refractivity contribution in [3.05, 3.63) is 118 Å². The second-order valence-corrected chi connectivity index (χ2v) is 22.0. The quantitative estimate of drug-likeness (QED) is 0.0824. The molecule has 2 N–H and O–H groups in total. The van der Waals surface area contributed by atoms with E-state index in [1.165, 1.54) is 31.5 Å². The van der Waals surface area contributed by atoms with Gasteiger partial charge >= 0.3 is 0 Å². The maximum atomic E-state index is 16.9. The Morgan fingerprint density at radius 3 is 1.96 bits per heavy atom. The number of aromatic amines is 2. The zero-order chi connectivity index (χ0) is 50.0. The Morgan fingerprint density at radius 1 is 0.761 bits per heavy atom. The third-order valence-electron chi connectivity index (χ3n) is 15.0. The van der Waals surface area contributed by atoms with Gasteiger partial charge in [-0.25, -0.2) is 22.5 Å². The maximum Gasteiger partial charge on any atom is 0.232 e. The summed E-state index contributed by atoms with van der Waals surface area (Å²) in [6, 6.07) is 16.2. The number of H-pyrrole nitrogens is 2. The van der Waals surface area contributed by atoms with Crippen LogP contribution in [0.2, 0.25) is 0 Å². The highest BCUT2D eigenvalue weighted by Crippen LogP contribution is 2.47. The first-order chi connectivity index (χ1) is 33.9. The van der Waals surface area contributed by atoms with Crippen LogP contribution in [-0.2, 0) is 12.8 Å². The molecular weight excluding hydrogens is 919 g/mol. The molecule has 4 aliphatic heterocycles. The minimum absolute atomic E-state index is 0.0157. The van der Waals surface area contributed by atoms with Crippen molar-refractivity contribution in [2.75, 3.05) is 59.2 Å². The van der Waals surface area contributed by atoms with Gasteiger partial charge in [0.15, 0.2) is 0 Å². The molecule has 0 radical (unpaired) electrons. The fraction of sp³-hybridized carbons (Fsp3) is 0.527. The number of ether oxygens (including phenoxy) is 2. The Kier molecular flexibility index (Phi) is 13.5. The van der Waals surface area contributed by atoms with Crippen molar-refractivity contribution >= 4 is 21.8 Å². The van der Waals surface area contributed by atoms with E-state index >= 15 is 17.6 Å². The van der Waals surface area contributed by atoms with Gasteiger partial charge in [-0.3, -0.25) is 33.4 Å². The van der Waals surface area contributed by atoms with Crippen LogP contribution in [0.1, 0.15) is 107 Å². The van der Waals surface area contributed by atoms with E-state index in [0.29, 0.717) is 75.7 Å². The fourth-order valence-electron chi connectivity index (χ4n) is 12.1. The zero-order valence-corrected chi connectivity index (χ0v) is 41.6. The lowest BCUT2D eigenvalue weighted by molar-refractivity contribution is -0.0687. The Morgan fingerprint density at radius 2 is 1.35 bits per heavy atom. The standard InChI is InChI=1S/C55H66F6N8O2/c1-33-21-38-36-13-7-9-15-42(36)64-49(38)51(68(33)29-53(2,3)60)44-26-63-47(27-62-44)70-46-28-67(20-12-18-57)45(46)23-34-22-39-37-14-8-10-16-43(37)65-50(39)52(69(34)30-54(4,5)61)48-40(58)24-35(25-41(48)59)71-55(6)31-66(32-55)19-11-17-56/h7-10,13-16,24-27,33-34,45-46,51-52,64-65H,11-12,17-23,28-32H2,1-6H3/t33-,34+,45?,46?,51-,52-/m1/s1. The topological polar surface area (TPSA) is 88.8 Å². The van der Waals surface area contributed by atoms with E-state index in [2.05, 4.69) is 32.8 Å². The van der Waals surface area contributed by atoms with Gasteiger partial charge in [0.25, 0.3) is 0 Å². The van der Waals surface area contributed by atoms with Crippen molar-refractivity contribution in [3.8, 4) is 11.6 Å². The summed E-state index contributed by atoms with van der Waals surface area (Å²) in [5.74, 6) is -1.29. The van der Waals surface area contributed by atoms with Crippen LogP contribution >= 0.6 is 0 Å². The second-order valence-electron chi connectivity index (χ2n) is 22.0. The number of halogens is 6. The lowest BCUT2D eigenvalue weighted by Gasteiger charge is -2.52. The first kappa shape index (κ1) is 49.4. The Balaban J connectivity index is 0.957. The van der Waals surface area contributed by atoms with E-state index in [9.17, 15) is 8.78 Å². The van der Waals surface area contributed by atoms with Gasteiger partial charge in [0.1, 0.15) is 40.4 Å². The van der Waals surface area contributed by atoms with Crippen LogP contribution in [0.25, 0.3) is 21.8 Å². The summed E-state index contributed by atoms with van der Waals surface area (Å²) in [6.45, 7) is 11.7. The number of aromatic nitrogens is 4. The molecular formula is C55H66F6N8O2. The van der Waals surface area contributed by atoms with Gasteiger partial charge in [-0.2, -0.15) is 0 Å². The number of benzene rings is 3. The largest absolute Gasteiger partial charge is 0.485 e. The highest BCUT2D eigenvalue weighted by Gasteiger charge is 2.49. The normalized spacial score (nSPS) is 24.2. The van der Waals surface area contributed by atoms with E-state index in [-0.39, 0.29) is 42.5 Å². The van der Waals surface area contributed by atoms with Crippen molar-refractivity contribution in [1.82, 2.24) is 39.5 Å². The fourth-order valence-corrected chi connectivity index (χ4v) is 12.1. The zero-order valence-electron chi connectivity index (χ0n) is 41.6. The number of para-hydroxylation sites is 2. The molecule has 2 saturated heterocycles. The van der Waals surface area contributed by atoms with E-state index < -0.39 is 60.1 Å². The molecule has 6 aromatic rings. The first-order valence-electron chi connectivity index (χ1n) is 25.2. The molecule has 6 atom stereocenters. The number of nitrogens with zero attached hydrogens (tertiary/aromatic N) is 6. The van der Waals surface area contributed by atoms with Gasteiger partial charge in [0.05, 0.1) is 43.5 Å². The lowest BCUT2D eigenvalue weighted by atomic mass is 9.82. The Hall–Kier alpha value is -5.16. The smallest absolute Gasteiger partial charge is 0.232 e. The maximum absolute atomic E-state index is 16.9. The predicted octanol–water partition coefficient (Wildman–Crippen LogP) is 10.6. The lowest BCUT2D eigenvalue weighted by Crippen LogP contribution is -2.65. The van der Waals surface area contributed by atoms with Crippen molar-refractivity contribution in [2.45, 2.75) is 127 Å². The van der Waals surface area contributed by atoms with Crippen LogP contribution in [0, 0.1) is 11.6 Å². The summed E-state index contributed by atoms with van der Waals surface area (Å²) in [5, 5.41) is 2.05. The number of rotatable bonds is 18. The third-order valence-corrected chi connectivity index (χ3v) is 15.0. The van der Waals surface area contributed by atoms with Crippen molar-refractivity contribution in [2.24, 2.45) is 0 Å². The van der Waals surface area contributed by atoms with Gasteiger partial charge in [-0.1, -0.05) is 36.4 Å². The highest BCUT2D eigenvalue weighted by molar-refractivity contribution is 5.86. The van der Waals surface area contributed by atoms with Crippen molar-refractivity contribution < 1.29 is 35.8 Å². The molecule has 0 bridgehead atoms. The molecule has 16 heteroatoms. The van der Waals surface area contributed by atoms with E-state index in [1.54, 1.807) is 26.2 Å². The molecule has 0 aliphatic carbocycles. The molecule has 0 amide bonds. The van der Waals surface area contributed by atoms with Gasteiger partial charge in [0.2, 0.25) is 5.88 Å². The molecule has 10 nitrogen and oxygen atoms in total. The number of nitrogens with one attached hydrogen (secondary N) is 2. The molecule has 380 valence electrons. The molecule has 10 rings (SSSR count). The molecule has 2 unspecified atom stereocenters. The molecule has 3 aromatic carbocycles. The number of likely N-dealkylation sites (tertiary alicyclic amines) is 2. The van der Waals surface area contributed by atoms with Gasteiger partial charge in [-0.05, 0) is 96.9 Å². The number of hydrogen-bond acceptors (Lipinski definition) is 8. The minimum atomic E-state index is -1.77. The van der Waals surface area contributed by atoms with E-state index in [4.69, 9.17) is 19.4 Å². The van der Waals surface area contributed by atoms with Crippen LogP contribution < -0.4 is 9.47 Å². The van der Waals surface area contributed by atoms with Gasteiger partial charge < -0.3 is 19.4 Å². The summed E-state index contributed by atoms with van der Waals surface area (Å²) in [6.07, 6.45) is 5.21. The Bertz CT molecular complexity index is 2810. The predicted molar refractivity (Wildman–Crippen MR) is 264 cm³/mol. The molecule has 0 saturated carbocycles. The average Bonchev–Trinajstić information content (AvgIpc) is 3.85. The number of fused-ring (bicyclic) bond motifs is 6. The molecule has 7 heterocycles. The molecule has 3 aromatic heterocycles. The Labute approximate surface area is 412 Å². The van der Waals surface area contributed by atoms with Crippen LogP contribution in [0.15, 0.2) is 73.1 Å². The molecule has 2 fully saturated rings. The van der Waals surface area contributed by atoms with E-state index in [0.717, 1.165) is 39.5 Å². The summed E-state index contributed by atoms with van der Waals surface area (Å²) < 4.78 is 105. The minimum Gasteiger partial charge on any atom is -0.485 e. The van der Waals surface area contributed by atoms with E-state index in [1.807, 2.05) is 59.2 Å². The molecule has 4 aliphatic rings. The van der Waals surface area contributed by atoms with Crippen LogP contribution in [-0.4, -0.2) is 140 Å². The highest BCUT2D eigenvalue weighted by atomic mass is 19.2. The SMILES string of the molecule is C[C@@H]1Cc2c([nH]c3ccccc23)[C@@H](c2cnc(OC3CN(CCCF)C3C[C@@H]3Cc4c([nH]c5ccccc45)[C@@H](c4c(F)cc(OC5(C)CN(CCCF)C5)cc4F)N3CC(C)(C)F)cn2)N1CC(C)(C)F. The average molecular weight is 985 g/mol. The van der Waals surface area contributed by atoms with Gasteiger partial charge in [0, 0.05) is 115 Å². The monoisotopic (exact) mass is 985 g/mol. The van der Waals surface area contributed by atoms with Crippen LogP contribution in [0.5, 0.6) is 11.6 Å². The van der Waals surface area contributed by atoms with Crippen LogP contribution in [0.3, 0.4) is 0 Å². The van der Waals surface area contributed by atoms with Gasteiger partial charge in [-0.15, -0.1) is 0 Å². The van der Waals surface area contributed by atoms with Crippen molar-refractivity contribution in [3.63, 3.8) is 0 Å². The summed E-state index contributed by atoms with van der Waals surface area (Å²) in [4.78, 5) is 25.1. The van der Waals surface area contributed by atoms with Crippen LogP contribution in [0.4, 0.5) is 26.3 Å². The second kappa shape index (κ2) is 19.4. The number of hydrogen-bond donors (Lipinski definition) is 2. The summed E-state index contributed by atoms with van der Waals surface area (Å²) in [7, 11) is 0. The summed E-state index contributed by atoms with van der Waals surface area (Å²) >= 11 is 0. The number of alkyl halides is 4. The first-order valence-corrected chi connectivity index (χ1v) is 25.2. The summed E-state index contributed by atoms with van der Waals surface area (Å²) in [5.41, 5.74) is 1.94. The molecule has 71 heavy (non-hydrogen) atoms. The molecule has 0 spiro atoms. The third kappa shape index (κ3) is 10.0. The van der Waals surface area contributed by atoms with Crippen molar-refractivity contribution in [1.29, 1.82) is 0 Å².